The molecule has 0 fully saturated rings. The highest BCUT2D eigenvalue weighted by Crippen LogP contribution is 2.08. The largest absolute Gasteiger partial charge is 0.374 e. The van der Waals surface area contributed by atoms with Gasteiger partial charge in [-0.05, 0) is 44.0 Å². The smallest absolute Gasteiger partial charge is 0.191 e. The van der Waals surface area contributed by atoms with E-state index in [1.165, 1.54) is 5.56 Å². The third-order valence-corrected chi connectivity index (χ3v) is 4.17. The fraction of sp³-hybridized carbons (Fsp3) is 0.381. The van der Waals surface area contributed by atoms with Crippen molar-refractivity contribution in [3.05, 3.63) is 65.6 Å². The number of hydrogen-bond donors (Lipinski definition) is 2. The number of fused-ring (bicyclic) bond motifs is 1. The standard InChI is InChI=1S/C21H28N6O/c1-4-22-21(24-14-20-26-25-19-7-5-6-12-27(19)20)23-13-17-8-10-18(11-9-17)15-28-16(2)3/h5-12,16H,4,13-15H2,1-3H3,(H2,22,23,24). The van der Waals surface area contributed by atoms with E-state index in [4.69, 9.17) is 4.74 Å². The average molecular weight is 380 g/mol. The molecular formula is C21H28N6O. The molecule has 148 valence electrons. The van der Waals surface area contributed by atoms with Crippen LogP contribution in [0.4, 0.5) is 0 Å². The molecule has 3 aromatic rings. The fourth-order valence-corrected chi connectivity index (χ4v) is 2.69. The minimum Gasteiger partial charge on any atom is -0.374 e. The highest BCUT2D eigenvalue weighted by Gasteiger charge is 2.05. The van der Waals surface area contributed by atoms with Crippen molar-refractivity contribution in [1.29, 1.82) is 0 Å². The first-order valence-corrected chi connectivity index (χ1v) is 9.66. The number of rotatable bonds is 8. The maximum absolute atomic E-state index is 5.64. The van der Waals surface area contributed by atoms with Gasteiger partial charge in [0.25, 0.3) is 0 Å². The van der Waals surface area contributed by atoms with Crippen LogP contribution < -0.4 is 10.6 Å². The molecule has 7 heteroatoms. The first-order chi connectivity index (χ1) is 13.7. The molecule has 0 saturated carbocycles. The van der Waals surface area contributed by atoms with Gasteiger partial charge in [-0.25, -0.2) is 4.99 Å². The van der Waals surface area contributed by atoms with E-state index in [0.717, 1.165) is 29.5 Å². The van der Waals surface area contributed by atoms with Crippen LogP contribution in [0, 0.1) is 0 Å². The second-order valence-corrected chi connectivity index (χ2v) is 6.77. The summed E-state index contributed by atoms with van der Waals surface area (Å²) in [6, 6.07) is 14.2. The lowest BCUT2D eigenvalue weighted by atomic mass is 10.1. The van der Waals surface area contributed by atoms with Crippen LogP contribution in [0.3, 0.4) is 0 Å². The van der Waals surface area contributed by atoms with Crippen molar-refractivity contribution in [2.24, 2.45) is 4.99 Å². The van der Waals surface area contributed by atoms with Crippen LogP contribution in [0.25, 0.3) is 5.65 Å². The lowest BCUT2D eigenvalue weighted by molar-refractivity contribution is 0.0657. The number of nitrogens with zero attached hydrogens (tertiary/aromatic N) is 4. The van der Waals surface area contributed by atoms with Crippen LogP contribution in [0.5, 0.6) is 0 Å². The zero-order valence-corrected chi connectivity index (χ0v) is 16.7. The SMILES string of the molecule is CCNC(=NCc1ccc(COC(C)C)cc1)NCc1nnc2ccccn12. The zero-order valence-electron chi connectivity index (χ0n) is 16.7. The molecule has 0 amide bonds. The van der Waals surface area contributed by atoms with Crippen LogP contribution in [0.15, 0.2) is 53.7 Å². The molecule has 1 aromatic carbocycles. The van der Waals surface area contributed by atoms with E-state index in [1.54, 1.807) is 0 Å². The number of nitrogens with one attached hydrogen (secondary N) is 2. The number of hydrogen-bond acceptors (Lipinski definition) is 4. The third kappa shape index (κ3) is 5.53. The normalized spacial score (nSPS) is 11.9. The van der Waals surface area contributed by atoms with Crippen molar-refractivity contribution in [2.45, 2.75) is 46.6 Å². The number of aromatic nitrogens is 3. The number of aliphatic imine (C=N–C) groups is 1. The molecule has 28 heavy (non-hydrogen) atoms. The van der Waals surface area contributed by atoms with Gasteiger partial charge in [-0.1, -0.05) is 30.3 Å². The van der Waals surface area contributed by atoms with E-state index in [0.29, 0.717) is 19.7 Å². The minimum absolute atomic E-state index is 0.237. The van der Waals surface area contributed by atoms with Gasteiger partial charge in [0, 0.05) is 12.7 Å². The molecule has 0 saturated heterocycles. The molecule has 2 N–H and O–H groups in total. The van der Waals surface area contributed by atoms with E-state index in [2.05, 4.69) is 50.1 Å². The van der Waals surface area contributed by atoms with Gasteiger partial charge >= 0.3 is 0 Å². The Hall–Kier alpha value is -2.93. The molecule has 0 aliphatic carbocycles. The van der Waals surface area contributed by atoms with E-state index < -0.39 is 0 Å². The van der Waals surface area contributed by atoms with Gasteiger partial charge < -0.3 is 15.4 Å². The van der Waals surface area contributed by atoms with E-state index in [1.807, 2.05) is 49.6 Å². The number of ether oxygens (including phenoxy) is 1. The first-order valence-electron chi connectivity index (χ1n) is 9.66. The van der Waals surface area contributed by atoms with Crippen molar-refractivity contribution < 1.29 is 4.74 Å². The summed E-state index contributed by atoms with van der Waals surface area (Å²) >= 11 is 0. The first kappa shape index (κ1) is 19.8. The van der Waals surface area contributed by atoms with E-state index in [9.17, 15) is 0 Å². The Labute approximate surface area is 165 Å². The summed E-state index contributed by atoms with van der Waals surface area (Å²) in [7, 11) is 0. The van der Waals surface area contributed by atoms with Crippen molar-refractivity contribution in [3.8, 4) is 0 Å². The summed E-state index contributed by atoms with van der Waals surface area (Å²) in [6.07, 6.45) is 2.20. The van der Waals surface area contributed by atoms with Crippen LogP contribution in [-0.4, -0.2) is 33.2 Å². The van der Waals surface area contributed by atoms with Crippen molar-refractivity contribution in [1.82, 2.24) is 25.2 Å². The summed E-state index contributed by atoms with van der Waals surface area (Å²) in [5.74, 6) is 1.60. The van der Waals surface area contributed by atoms with Crippen molar-refractivity contribution >= 4 is 11.6 Å². The molecule has 0 aliphatic heterocycles. The topological polar surface area (TPSA) is 75.8 Å². The monoisotopic (exact) mass is 380 g/mol. The second kappa shape index (κ2) is 9.85. The summed E-state index contributed by atoms with van der Waals surface area (Å²) in [5.41, 5.74) is 3.16. The minimum atomic E-state index is 0.237. The van der Waals surface area contributed by atoms with Gasteiger partial charge in [-0.2, -0.15) is 0 Å². The predicted molar refractivity (Wildman–Crippen MR) is 111 cm³/mol. The molecule has 2 heterocycles. The Morgan fingerprint density at radius 1 is 1.07 bits per heavy atom. The van der Waals surface area contributed by atoms with Crippen molar-refractivity contribution in [3.63, 3.8) is 0 Å². The summed E-state index contributed by atoms with van der Waals surface area (Å²) in [5, 5.41) is 15.0. The molecule has 0 spiro atoms. The second-order valence-electron chi connectivity index (χ2n) is 6.77. The Morgan fingerprint density at radius 3 is 2.61 bits per heavy atom. The highest BCUT2D eigenvalue weighted by atomic mass is 16.5. The molecular weight excluding hydrogens is 352 g/mol. The highest BCUT2D eigenvalue weighted by molar-refractivity contribution is 5.79. The Morgan fingerprint density at radius 2 is 1.86 bits per heavy atom. The number of guanidine groups is 1. The molecule has 0 bridgehead atoms. The predicted octanol–water partition coefficient (Wildman–Crippen LogP) is 2.91. The van der Waals surface area contributed by atoms with Gasteiger partial charge in [0.2, 0.25) is 0 Å². The van der Waals surface area contributed by atoms with Crippen LogP contribution in [0.2, 0.25) is 0 Å². The third-order valence-electron chi connectivity index (χ3n) is 4.17. The Balaban J connectivity index is 1.59. The van der Waals surface area contributed by atoms with E-state index in [-0.39, 0.29) is 6.10 Å². The van der Waals surface area contributed by atoms with Crippen LogP contribution in [0.1, 0.15) is 37.7 Å². The van der Waals surface area contributed by atoms with Crippen molar-refractivity contribution in [2.75, 3.05) is 6.54 Å². The number of pyridine rings is 1. The fourth-order valence-electron chi connectivity index (χ4n) is 2.69. The van der Waals surface area contributed by atoms with Crippen LogP contribution in [-0.2, 0) is 24.4 Å². The molecule has 2 aromatic heterocycles. The quantitative estimate of drug-likeness (QED) is 0.464. The molecule has 0 atom stereocenters. The van der Waals surface area contributed by atoms with Crippen LogP contribution >= 0.6 is 0 Å². The van der Waals surface area contributed by atoms with Gasteiger partial charge in [-0.3, -0.25) is 4.40 Å². The lowest BCUT2D eigenvalue weighted by Crippen LogP contribution is -2.37. The number of benzene rings is 1. The summed E-state index contributed by atoms with van der Waals surface area (Å²) in [6.45, 7) is 8.70. The molecule has 0 radical (unpaired) electrons. The molecule has 7 nitrogen and oxygen atoms in total. The summed E-state index contributed by atoms with van der Waals surface area (Å²) in [4.78, 5) is 4.67. The molecule has 0 unspecified atom stereocenters. The summed E-state index contributed by atoms with van der Waals surface area (Å²) < 4.78 is 7.60. The average Bonchev–Trinajstić information content (AvgIpc) is 3.12. The van der Waals surface area contributed by atoms with Gasteiger partial charge in [0.1, 0.15) is 0 Å². The van der Waals surface area contributed by atoms with E-state index >= 15 is 0 Å². The zero-order chi connectivity index (χ0) is 19.8. The maximum Gasteiger partial charge on any atom is 0.191 e. The van der Waals surface area contributed by atoms with Gasteiger partial charge in [0.05, 0.1) is 25.8 Å². The van der Waals surface area contributed by atoms with Gasteiger partial charge in [0.15, 0.2) is 17.4 Å². The van der Waals surface area contributed by atoms with Gasteiger partial charge in [-0.15, -0.1) is 10.2 Å². The Kier molecular flexibility index (Phi) is 6.97. The molecule has 3 rings (SSSR count). The molecule has 0 aliphatic rings. The maximum atomic E-state index is 5.64. The lowest BCUT2D eigenvalue weighted by Gasteiger charge is -2.11. The Bertz CT molecular complexity index is 901.